The summed E-state index contributed by atoms with van der Waals surface area (Å²) in [6.07, 6.45) is 5.04. The van der Waals surface area contributed by atoms with E-state index < -0.39 is 6.29 Å². The van der Waals surface area contributed by atoms with Gasteiger partial charge >= 0.3 is 0 Å². The van der Waals surface area contributed by atoms with E-state index in [1.807, 2.05) is 19.1 Å². The van der Waals surface area contributed by atoms with Crippen LogP contribution in [-0.4, -0.2) is 16.5 Å². The van der Waals surface area contributed by atoms with Crippen LogP contribution in [0.4, 0.5) is 0 Å². The molecule has 0 atom stereocenters. The van der Waals surface area contributed by atoms with E-state index in [1.165, 1.54) is 0 Å². The van der Waals surface area contributed by atoms with E-state index >= 15 is 0 Å². The predicted octanol–water partition coefficient (Wildman–Crippen LogP) is 1.04. The molecule has 0 aliphatic heterocycles. The molecule has 0 rings (SSSR count). The first-order chi connectivity index (χ1) is 4.27. The van der Waals surface area contributed by atoms with E-state index in [0.29, 0.717) is 6.42 Å². The second kappa shape index (κ2) is 5.79. The van der Waals surface area contributed by atoms with Crippen LogP contribution in [0.2, 0.25) is 0 Å². The van der Waals surface area contributed by atoms with Crippen molar-refractivity contribution in [3.8, 4) is 0 Å². The van der Waals surface area contributed by atoms with Gasteiger partial charge in [0.05, 0.1) is 0 Å². The summed E-state index contributed by atoms with van der Waals surface area (Å²) < 4.78 is 0. The summed E-state index contributed by atoms with van der Waals surface area (Å²) in [6.45, 7) is 2.05. The fraction of sp³-hybridized carbons (Fsp3) is 0.714. The fourth-order valence-corrected chi connectivity index (χ4v) is 0.530. The minimum Gasteiger partial charge on any atom is -0.368 e. The van der Waals surface area contributed by atoms with Crippen molar-refractivity contribution >= 4 is 0 Å². The summed E-state index contributed by atoms with van der Waals surface area (Å²) in [5.41, 5.74) is 0. The van der Waals surface area contributed by atoms with Crippen LogP contribution in [0.1, 0.15) is 26.2 Å². The van der Waals surface area contributed by atoms with Crippen LogP contribution in [0.3, 0.4) is 0 Å². The van der Waals surface area contributed by atoms with Gasteiger partial charge in [0.1, 0.15) is 0 Å². The van der Waals surface area contributed by atoms with E-state index in [-0.39, 0.29) is 0 Å². The zero-order chi connectivity index (χ0) is 7.11. The Hall–Kier alpha value is -0.340. The summed E-state index contributed by atoms with van der Waals surface area (Å²) in [7, 11) is 0. The van der Waals surface area contributed by atoms with Crippen LogP contribution >= 0.6 is 0 Å². The largest absolute Gasteiger partial charge is 0.368 e. The van der Waals surface area contributed by atoms with Gasteiger partial charge in [-0.25, -0.2) is 0 Å². The molecule has 0 aliphatic rings. The number of aliphatic hydroxyl groups is 2. The zero-order valence-corrected chi connectivity index (χ0v) is 5.75. The third-order valence-electron chi connectivity index (χ3n) is 0.994. The molecule has 54 valence electrons. The molecule has 0 bridgehead atoms. The fourth-order valence-electron chi connectivity index (χ4n) is 0.530. The molecule has 2 heteroatoms. The molecule has 0 saturated heterocycles. The van der Waals surface area contributed by atoms with Gasteiger partial charge in [-0.05, 0) is 12.8 Å². The van der Waals surface area contributed by atoms with Gasteiger partial charge in [-0.3, -0.25) is 0 Å². The highest BCUT2D eigenvalue weighted by atomic mass is 16.5. The Morgan fingerprint density at radius 1 is 1.33 bits per heavy atom. The quantitative estimate of drug-likeness (QED) is 0.441. The van der Waals surface area contributed by atoms with Crippen LogP contribution < -0.4 is 0 Å². The summed E-state index contributed by atoms with van der Waals surface area (Å²) in [5, 5.41) is 16.7. The van der Waals surface area contributed by atoms with Crippen LogP contribution in [0.15, 0.2) is 12.2 Å². The second-order valence-electron chi connectivity index (χ2n) is 1.94. The van der Waals surface area contributed by atoms with Crippen molar-refractivity contribution in [2.24, 2.45) is 0 Å². The SMILES string of the molecule is CCC=CCCC(O)O. The van der Waals surface area contributed by atoms with Crippen molar-refractivity contribution in [3.05, 3.63) is 12.2 Å². The Labute approximate surface area is 55.8 Å². The first-order valence-electron chi connectivity index (χ1n) is 3.28. The van der Waals surface area contributed by atoms with Gasteiger partial charge in [-0.1, -0.05) is 19.1 Å². The molecule has 0 fully saturated rings. The van der Waals surface area contributed by atoms with Gasteiger partial charge in [-0.15, -0.1) is 0 Å². The summed E-state index contributed by atoms with van der Waals surface area (Å²) >= 11 is 0. The van der Waals surface area contributed by atoms with Crippen molar-refractivity contribution in [3.63, 3.8) is 0 Å². The van der Waals surface area contributed by atoms with Crippen molar-refractivity contribution < 1.29 is 10.2 Å². The number of allylic oxidation sites excluding steroid dienone is 2. The van der Waals surface area contributed by atoms with Crippen LogP contribution in [-0.2, 0) is 0 Å². The summed E-state index contributed by atoms with van der Waals surface area (Å²) in [6, 6.07) is 0. The molecule has 0 radical (unpaired) electrons. The Bertz CT molecular complexity index is 77.0. The number of rotatable bonds is 4. The van der Waals surface area contributed by atoms with E-state index in [0.717, 1.165) is 12.8 Å². The second-order valence-corrected chi connectivity index (χ2v) is 1.94. The Balaban J connectivity index is 2.99. The van der Waals surface area contributed by atoms with Gasteiger partial charge in [0.2, 0.25) is 0 Å². The maximum absolute atomic E-state index is 8.37. The number of hydrogen-bond acceptors (Lipinski definition) is 2. The van der Waals surface area contributed by atoms with E-state index in [2.05, 4.69) is 0 Å². The van der Waals surface area contributed by atoms with Crippen molar-refractivity contribution in [1.29, 1.82) is 0 Å². The molecule has 0 aromatic heterocycles. The Kier molecular flexibility index (Phi) is 5.57. The highest BCUT2D eigenvalue weighted by molar-refractivity contribution is 4.79. The highest BCUT2D eigenvalue weighted by Crippen LogP contribution is 1.94. The lowest BCUT2D eigenvalue weighted by Gasteiger charge is -1.96. The predicted molar refractivity (Wildman–Crippen MR) is 36.9 cm³/mol. The molecule has 0 spiro atoms. The van der Waals surface area contributed by atoms with E-state index in [4.69, 9.17) is 10.2 Å². The van der Waals surface area contributed by atoms with Crippen molar-refractivity contribution in [2.75, 3.05) is 0 Å². The monoisotopic (exact) mass is 130 g/mol. The Morgan fingerprint density at radius 3 is 2.44 bits per heavy atom. The first kappa shape index (κ1) is 8.66. The minimum atomic E-state index is -1.15. The zero-order valence-electron chi connectivity index (χ0n) is 5.75. The summed E-state index contributed by atoms with van der Waals surface area (Å²) in [5.74, 6) is 0. The van der Waals surface area contributed by atoms with Crippen LogP contribution in [0.5, 0.6) is 0 Å². The van der Waals surface area contributed by atoms with E-state index in [1.54, 1.807) is 0 Å². The lowest BCUT2D eigenvalue weighted by Crippen LogP contribution is -2.01. The molecule has 0 saturated carbocycles. The molecule has 0 unspecified atom stereocenters. The maximum Gasteiger partial charge on any atom is 0.151 e. The molecule has 0 aliphatic carbocycles. The number of hydrogen-bond donors (Lipinski definition) is 2. The molecule has 2 N–H and O–H groups in total. The topological polar surface area (TPSA) is 40.5 Å². The molecule has 0 heterocycles. The van der Waals surface area contributed by atoms with Crippen LogP contribution in [0.25, 0.3) is 0 Å². The normalized spacial score (nSPS) is 11.6. The molecule has 9 heavy (non-hydrogen) atoms. The maximum atomic E-state index is 8.37. The first-order valence-corrected chi connectivity index (χ1v) is 3.28. The smallest absolute Gasteiger partial charge is 0.151 e. The minimum absolute atomic E-state index is 0.441. The average molecular weight is 130 g/mol. The molecular formula is C7H14O2. The molecule has 0 aromatic carbocycles. The Morgan fingerprint density at radius 2 is 2.00 bits per heavy atom. The lowest BCUT2D eigenvalue weighted by molar-refractivity contribution is -0.0442. The standard InChI is InChI=1S/C7H14O2/c1-2-3-4-5-6-7(8)9/h3-4,7-9H,2,5-6H2,1H3. The highest BCUT2D eigenvalue weighted by Gasteiger charge is 1.91. The summed E-state index contributed by atoms with van der Waals surface area (Å²) in [4.78, 5) is 0. The molecule has 0 amide bonds. The van der Waals surface area contributed by atoms with Gasteiger partial charge in [0.15, 0.2) is 6.29 Å². The van der Waals surface area contributed by atoms with Gasteiger partial charge in [0, 0.05) is 6.42 Å². The third kappa shape index (κ3) is 7.66. The average Bonchev–Trinajstić information content (AvgIpc) is 1.80. The number of aliphatic hydroxyl groups excluding tert-OH is 1. The molecule has 0 aromatic rings. The van der Waals surface area contributed by atoms with E-state index in [9.17, 15) is 0 Å². The molecule has 2 nitrogen and oxygen atoms in total. The van der Waals surface area contributed by atoms with Gasteiger partial charge < -0.3 is 10.2 Å². The molecular weight excluding hydrogens is 116 g/mol. The van der Waals surface area contributed by atoms with Crippen LogP contribution in [0, 0.1) is 0 Å². The van der Waals surface area contributed by atoms with Crippen molar-refractivity contribution in [1.82, 2.24) is 0 Å². The third-order valence-corrected chi connectivity index (χ3v) is 0.994. The van der Waals surface area contributed by atoms with Crippen molar-refractivity contribution in [2.45, 2.75) is 32.5 Å². The van der Waals surface area contributed by atoms with Gasteiger partial charge in [-0.2, -0.15) is 0 Å². The van der Waals surface area contributed by atoms with Gasteiger partial charge in [0.25, 0.3) is 0 Å². The lowest BCUT2D eigenvalue weighted by atomic mass is 10.2.